The second-order valence-corrected chi connectivity index (χ2v) is 5.63. The molecule has 0 heterocycles. The Morgan fingerprint density at radius 2 is 2.15 bits per heavy atom. The first kappa shape index (κ1) is 16.5. The topological polar surface area (TPSA) is 64.3 Å². The molecule has 1 amide bonds. The van der Waals surface area contributed by atoms with Crippen LogP contribution in [0, 0.1) is 11.3 Å². The highest BCUT2D eigenvalue weighted by molar-refractivity contribution is 7.99. The molecule has 0 unspecified atom stereocenters. The highest BCUT2D eigenvalue weighted by Crippen LogP contribution is 2.24. The van der Waals surface area contributed by atoms with Crippen molar-refractivity contribution in [2.45, 2.75) is 31.2 Å². The number of aliphatic hydroxyl groups is 1. The SMILES string of the molecule is CC(C)N(CCCO)C(=O)c1ccccc1SCC#N. The number of carbonyl (C=O) groups is 1. The van der Waals surface area contributed by atoms with Crippen molar-refractivity contribution in [3.63, 3.8) is 0 Å². The second kappa shape index (κ2) is 8.62. The summed E-state index contributed by atoms with van der Waals surface area (Å²) in [6.45, 7) is 4.52. The Balaban J connectivity index is 2.96. The molecule has 1 aromatic carbocycles. The third-order valence-electron chi connectivity index (χ3n) is 2.85. The van der Waals surface area contributed by atoms with Gasteiger partial charge >= 0.3 is 0 Å². The average molecular weight is 292 g/mol. The van der Waals surface area contributed by atoms with Gasteiger partial charge in [-0.15, -0.1) is 11.8 Å². The average Bonchev–Trinajstić information content (AvgIpc) is 2.45. The van der Waals surface area contributed by atoms with Crippen molar-refractivity contribution in [1.29, 1.82) is 5.26 Å². The predicted octanol–water partition coefficient (Wildman–Crippen LogP) is 2.54. The molecule has 0 aliphatic heterocycles. The number of nitrogens with zero attached hydrogens (tertiary/aromatic N) is 2. The molecule has 20 heavy (non-hydrogen) atoms. The van der Waals surface area contributed by atoms with Crippen LogP contribution in [0.15, 0.2) is 29.2 Å². The van der Waals surface area contributed by atoms with Crippen molar-refractivity contribution >= 4 is 17.7 Å². The molecule has 0 aliphatic carbocycles. The summed E-state index contributed by atoms with van der Waals surface area (Å²) < 4.78 is 0. The van der Waals surface area contributed by atoms with Gasteiger partial charge in [0, 0.05) is 24.1 Å². The molecule has 1 N–H and O–H groups in total. The lowest BCUT2D eigenvalue weighted by atomic mass is 10.1. The summed E-state index contributed by atoms with van der Waals surface area (Å²) in [5, 5.41) is 17.6. The van der Waals surface area contributed by atoms with Crippen LogP contribution in [0.2, 0.25) is 0 Å². The Kier molecular flexibility index (Phi) is 7.13. The Labute approximate surface area is 124 Å². The molecule has 0 radical (unpaired) electrons. The molecule has 4 nitrogen and oxygen atoms in total. The molecule has 0 saturated carbocycles. The first-order valence-electron chi connectivity index (χ1n) is 6.62. The predicted molar refractivity (Wildman–Crippen MR) is 80.7 cm³/mol. The number of aliphatic hydroxyl groups excluding tert-OH is 1. The summed E-state index contributed by atoms with van der Waals surface area (Å²) in [4.78, 5) is 15.2. The number of thioether (sulfide) groups is 1. The molecule has 0 fully saturated rings. The number of benzene rings is 1. The summed E-state index contributed by atoms with van der Waals surface area (Å²) in [7, 11) is 0. The third-order valence-corrected chi connectivity index (χ3v) is 3.79. The molecule has 0 atom stereocenters. The van der Waals surface area contributed by atoms with Crippen LogP contribution in [0.4, 0.5) is 0 Å². The van der Waals surface area contributed by atoms with E-state index < -0.39 is 0 Å². The van der Waals surface area contributed by atoms with Gasteiger partial charge in [-0.1, -0.05) is 12.1 Å². The molecule has 0 spiro atoms. The van der Waals surface area contributed by atoms with E-state index in [4.69, 9.17) is 10.4 Å². The minimum Gasteiger partial charge on any atom is -0.396 e. The summed E-state index contributed by atoms with van der Waals surface area (Å²) in [6.07, 6.45) is 0.567. The van der Waals surface area contributed by atoms with Gasteiger partial charge in [0.25, 0.3) is 5.91 Å². The number of nitriles is 1. The lowest BCUT2D eigenvalue weighted by molar-refractivity contribution is 0.0689. The van der Waals surface area contributed by atoms with Gasteiger partial charge in [0.15, 0.2) is 0 Å². The van der Waals surface area contributed by atoms with Gasteiger partial charge < -0.3 is 10.0 Å². The zero-order chi connectivity index (χ0) is 15.0. The molecule has 0 aliphatic rings. The van der Waals surface area contributed by atoms with E-state index in [9.17, 15) is 4.79 Å². The second-order valence-electron chi connectivity index (χ2n) is 4.61. The van der Waals surface area contributed by atoms with Gasteiger partial charge in [-0.3, -0.25) is 4.79 Å². The Morgan fingerprint density at radius 1 is 1.45 bits per heavy atom. The van der Waals surface area contributed by atoms with Crippen molar-refractivity contribution in [1.82, 2.24) is 4.90 Å². The Morgan fingerprint density at radius 3 is 2.75 bits per heavy atom. The highest BCUT2D eigenvalue weighted by Gasteiger charge is 2.20. The maximum absolute atomic E-state index is 12.6. The van der Waals surface area contributed by atoms with E-state index in [2.05, 4.69) is 6.07 Å². The van der Waals surface area contributed by atoms with Crippen molar-refractivity contribution in [2.75, 3.05) is 18.9 Å². The maximum Gasteiger partial charge on any atom is 0.255 e. The van der Waals surface area contributed by atoms with E-state index in [1.165, 1.54) is 11.8 Å². The Hall–Kier alpha value is -1.51. The van der Waals surface area contributed by atoms with Crippen LogP contribution in [-0.4, -0.2) is 40.9 Å². The summed E-state index contributed by atoms with van der Waals surface area (Å²) in [5.74, 6) is 0.275. The molecule has 108 valence electrons. The number of rotatable bonds is 7. The standard InChI is InChI=1S/C15H20N2O2S/c1-12(2)17(9-5-10-18)15(19)13-6-3-4-7-14(13)20-11-8-16/h3-4,6-7,12,18H,5,9-11H2,1-2H3. The lowest BCUT2D eigenvalue weighted by Gasteiger charge is -2.27. The third kappa shape index (κ3) is 4.55. The van der Waals surface area contributed by atoms with E-state index in [1.807, 2.05) is 32.0 Å². The van der Waals surface area contributed by atoms with Crippen molar-refractivity contribution in [2.24, 2.45) is 0 Å². The molecule has 0 aromatic heterocycles. The van der Waals surface area contributed by atoms with Gasteiger partial charge in [-0.25, -0.2) is 0 Å². The van der Waals surface area contributed by atoms with Crippen LogP contribution in [0.3, 0.4) is 0 Å². The van der Waals surface area contributed by atoms with Crippen molar-refractivity contribution < 1.29 is 9.90 Å². The van der Waals surface area contributed by atoms with Crippen LogP contribution in [0.25, 0.3) is 0 Å². The molecule has 1 aromatic rings. The summed E-state index contributed by atoms with van der Waals surface area (Å²) in [6, 6.07) is 9.49. The molecule has 0 saturated heterocycles. The van der Waals surface area contributed by atoms with E-state index in [0.717, 1.165) is 4.90 Å². The quantitative estimate of drug-likeness (QED) is 0.784. The number of hydrogen-bond donors (Lipinski definition) is 1. The summed E-state index contributed by atoms with van der Waals surface area (Å²) in [5.41, 5.74) is 0.624. The first-order valence-corrected chi connectivity index (χ1v) is 7.61. The molecule has 5 heteroatoms. The van der Waals surface area contributed by atoms with Gasteiger partial charge in [0.05, 0.1) is 17.4 Å². The van der Waals surface area contributed by atoms with Crippen molar-refractivity contribution in [3.05, 3.63) is 29.8 Å². The van der Waals surface area contributed by atoms with Gasteiger partial charge in [-0.05, 0) is 32.4 Å². The Bertz CT molecular complexity index is 483. The fourth-order valence-electron chi connectivity index (χ4n) is 1.87. The zero-order valence-electron chi connectivity index (χ0n) is 11.9. The van der Waals surface area contributed by atoms with Crippen LogP contribution in [-0.2, 0) is 0 Å². The van der Waals surface area contributed by atoms with E-state index >= 15 is 0 Å². The van der Waals surface area contributed by atoms with Gasteiger partial charge in [0.2, 0.25) is 0 Å². The van der Waals surface area contributed by atoms with E-state index in [0.29, 0.717) is 24.3 Å². The molecule has 0 bridgehead atoms. The van der Waals surface area contributed by atoms with Gasteiger partial charge in [-0.2, -0.15) is 5.26 Å². The molecule has 1 rings (SSSR count). The smallest absolute Gasteiger partial charge is 0.255 e. The first-order chi connectivity index (χ1) is 9.61. The minimum absolute atomic E-state index is 0.0468. The van der Waals surface area contributed by atoms with Crippen LogP contribution in [0.5, 0.6) is 0 Å². The van der Waals surface area contributed by atoms with Crippen molar-refractivity contribution in [3.8, 4) is 6.07 Å². The fraction of sp³-hybridized carbons (Fsp3) is 0.467. The number of amides is 1. The minimum atomic E-state index is -0.0468. The number of hydrogen-bond acceptors (Lipinski definition) is 4. The zero-order valence-corrected chi connectivity index (χ0v) is 12.7. The lowest BCUT2D eigenvalue weighted by Crippen LogP contribution is -2.38. The van der Waals surface area contributed by atoms with Crippen LogP contribution in [0.1, 0.15) is 30.6 Å². The maximum atomic E-state index is 12.6. The fourth-order valence-corrected chi connectivity index (χ4v) is 2.57. The summed E-state index contributed by atoms with van der Waals surface area (Å²) >= 11 is 1.37. The largest absolute Gasteiger partial charge is 0.396 e. The van der Waals surface area contributed by atoms with E-state index in [1.54, 1.807) is 11.0 Å². The molecular formula is C15H20N2O2S. The highest BCUT2D eigenvalue weighted by atomic mass is 32.2. The van der Waals surface area contributed by atoms with Crippen LogP contribution < -0.4 is 0 Å². The monoisotopic (exact) mass is 292 g/mol. The van der Waals surface area contributed by atoms with Crippen LogP contribution >= 0.6 is 11.8 Å². The van der Waals surface area contributed by atoms with Gasteiger partial charge in [0.1, 0.15) is 0 Å². The number of carbonyl (C=O) groups excluding carboxylic acids is 1. The normalized spacial score (nSPS) is 10.3. The van der Waals surface area contributed by atoms with E-state index in [-0.39, 0.29) is 18.6 Å². The molecular weight excluding hydrogens is 272 g/mol.